The number of nitrogens with one attached hydrogen (secondary N) is 1. The summed E-state index contributed by atoms with van der Waals surface area (Å²) in [6.07, 6.45) is 0. The van der Waals surface area contributed by atoms with Gasteiger partial charge in [0.05, 0.1) is 0 Å². The lowest BCUT2D eigenvalue weighted by Gasteiger charge is -2.28. The van der Waals surface area contributed by atoms with Crippen molar-refractivity contribution in [2.24, 2.45) is 16.5 Å². The Labute approximate surface area is 105 Å². The molecule has 1 aromatic carbocycles. The highest BCUT2D eigenvalue weighted by molar-refractivity contribution is 6.30. The van der Waals surface area contributed by atoms with Gasteiger partial charge in [0.1, 0.15) is 5.69 Å². The van der Waals surface area contributed by atoms with Gasteiger partial charge >= 0.3 is 5.96 Å². The van der Waals surface area contributed by atoms with Crippen molar-refractivity contribution in [3.63, 3.8) is 0 Å². The number of halogens is 1. The van der Waals surface area contributed by atoms with Crippen molar-refractivity contribution in [3.05, 3.63) is 29.3 Å². The van der Waals surface area contributed by atoms with Crippen LogP contribution in [0.1, 0.15) is 13.8 Å². The van der Waals surface area contributed by atoms with Gasteiger partial charge in [-0.1, -0.05) is 17.7 Å². The van der Waals surface area contributed by atoms with Crippen LogP contribution in [0.3, 0.4) is 0 Å². The van der Waals surface area contributed by atoms with E-state index < -0.39 is 5.66 Å². The van der Waals surface area contributed by atoms with Gasteiger partial charge in [0, 0.05) is 5.02 Å². The number of benzene rings is 1. The van der Waals surface area contributed by atoms with Crippen LogP contribution in [0.25, 0.3) is 0 Å². The Kier molecular flexibility index (Phi) is 2.71. The summed E-state index contributed by atoms with van der Waals surface area (Å²) in [5.41, 5.74) is 11.9. The quantitative estimate of drug-likeness (QED) is 0.651. The van der Waals surface area contributed by atoms with E-state index in [1.165, 1.54) is 0 Å². The van der Waals surface area contributed by atoms with Crippen LogP contribution in [0.4, 0.5) is 5.69 Å². The number of rotatable bonds is 1. The van der Waals surface area contributed by atoms with E-state index in [0.717, 1.165) is 5.69 Å². The number of nitrogens with two attached hydrogens (primary N) is 2. The molecule has 0 bridgehead atoms. The Morgan fingerprint density at radius 1 is 1.35 bits per heavy atom. The molecule has 0 unspecified atom stereocenters. The van der Waals surface area contributed by atoms with Crippen LogP contribution in [0.15, 0.2) is 29.3 Å². The second-order valence-electron chi connectivity index (χ2n) is 4.32. The van der Waals surface area contributed by atoms with E-state index in [1.807, 2.05) is 42.7 Å². The van der Waals surface area contributed by atoms with E-state index in [4.69, 9.17) is 23.1 Å². The summed E-state index contributed by atoms with van der Waals surface area (Å²) in [6, 6.07) is 7.42. The zero-order valence-corrected chi connectivity index (χ0v) is 10.5. The SMILES string of the molecule is CC1(C)N=C(N)NC(N)=[N+]1c1cccc(Cl)c1. The standard InChI is InChI=1S/C11H14ClN5/c1-11(2)16-9(13)15-10(14)17(11)8-5-3-4-7(12)6-8/h3-6H,1-2H3,(H4,13,14,15,16)/p+1. The van der Waals surface area contributed by atoms with Crippen molar-refractivity contribution in [3.8, 4) is 0 Å². The summed E-state index contributed by atoms with van der Waals surface area (Å²) in [5, 5.41) is 3.45. The maximum atomic E-state index is 5.98. The van der Waals surface area contributed by atoms with Crippen LogP contribution in [0.2, 0.25) is 5.02 Å². The molecule has 6 heteroatoms. The molecule has 2 rings (SSSR count). The minimum atomic E-state index is -0.551. The normalized spacial score (nSPS) is 18.6. The molecule has 1 aliphatic rings. The molecule has 5 nitrogen and oxygen atoms in total. The average molecular weight is 253 g/mol. The summed E-state index contributed by atoms with van der Waals surface area (Å²) < 4.78 is 1.84. The Morgan fingerprint density at radius 2 is 2.06 bits per heavy atom. The van der Waals surface area contributed by atoms with E-state index in [9.17, 15) is 0 Å². The van der Waals surface area contributed by atoms with Crippen LogP contribution in [0, 0.1) is 0 Å². The monoisotopic (exact) mass is 252 g/mol. The highest BCUT2D eigenvalue weighted by Gasteiger charge is 2.34. The Balaban J connectivity index is 2.54. The third-order valence-corrected chi connectivity index (χ3v) is 2.74. The van der Waals surface area contributed by atoms with Crippen molar-refractivity contribution >= 4 is 29.2 Å². The second-order valence-corrected chi connectivity index (χ2v) is 4.75. The number of nitrogens with zero attached hydrogens (tertiary/aromatic N) is 2. The molecule has 0 spiro atoms. The lowest BCUT2D eigenvalue weighted by Crippen LogP contribution is -2.55. The molecule has 17 heavy (non-hydrogen) atoms. The van der Waals surface area contributed by atoms with Gasteiger partial charge in [-0.2, -0.15) is 4.99 Å². The lowest BCUT2D eigenvalue weighted by molar-refractivity contribution is -0.527. The fraction of sp³-hybridized carbons (Fsp3) is 0.273. The number of aliphatic imine (C=N–C) groups is 1. The van der Waals surface area contributed by atoms with Crippen LogP contribution >= 0.6 is 11.6 Å². The third kappa shape index (κ3) is 2.19. The Bertz CT molecular complexity index is 518. The molecular weight excluding hydrogens is 238 g/mol. The highest BCUT2D eigenvalue weighted by Crippen LogP contribution is 2.26. The van der Waals surface area contributed by atoms with Gasteiger partial charge < -0.3 is 5.73 Å². The van der Waals surface area contributed by atoms with E-state index in [0.29, 0.717) is 16.9 Å². The fourth-order valence-corrected chi connectivity index (χ4v) is 2.11. The first-order valence-electron chi connectivity index (χ1n) is 5.21. The van der Waals surface area contributed by atoms with E-state index >= 15 is 0 Å². The van der Waals surface area contributed by atoms with E-state index in [-0.39, 0.29) is 0 Å². The van der Waals surface area contributed by atoms with Gasteiger partial charge in [0.15, 0.2) is 5.66 Å². The molecule has 0 saturated carbocycles. The molecule has 0 atom stereocenters. The van der Waals surface area contributed by atoms with Crippen molar-refractivity contribution in [2.45, 2.75) is 19.5 Å². The molecule has 1 aromatic rings. The summed E-state index contributed by atoms with van der Waals surface area (Å²) in [7, 11) is 0. The summed E-state index contributed by atoms with van der Waals surface area (Å²) in [5.74, 6) is 0.746. The van der Waals surface area contributed by atoms with Gasteiger partial charge in [0.25, 0.3) is 5.96 Å². The van der Waals surface area contributed by atoms with Crippen molar-refractivity contribution in [2.75, 3.05) is 0 Å². The zero-order valence-electron chi connectivity index (χ0n) is 9.74. The first-order chi connectivity index (χ1) is 7.90. The number of hydrogen-bond acceptors (Lipinski definition) is 4. The van der Waals surface area contributed by atoms with E-state index in [1.54, 1.807) is 0 Å². The van der Waals surface area contributed by atoms with Gasteiger partial charge in [0.2, 0.25) is 0 Å². The average Bonchev–Trinajstić information content (AvgIpc) is 2.13. The van der Waals surface area contributed by atoms with Crippen LogP contribution in [0.5, 0.6) is 0 Å². The highest BCUT2D eigenvalue weighted by atomic mass is 35.5. The maximum absolute atomic E-state index is 5.98. The van der Waals surface area contributed by atoms with Crippen molar-refractivity contribution in [1.29, 1.82) is 0 Å². The molecule has 0 aromatic heterocycles. The molecule has 1 heterocycles. The van der Waals surface area contributed by atoms with Gasteiger partial charge in [-0.05, 0) is 32.0 Å². The molecule has 0 amide bonds. The smallest absolute Gasteiger partial charge is 0.357 e. The summed E-state index contributed by atoms with van der Waals surface area (Å²) in [6.45, 7) is 3.85. The van der Waals surface area contributed by atoms with Crippen LogP contribution in [-0.2, 0) is 0 Å². The fourth-order valence-electron chi connectivity index (χ4n) is 1.92. The van der Waals surface area contributed by atoms with Gasteiger partial charge in [-0.15, -0.1) is 0 Å². The zero-order chi connectivity index (χ0) is 12.6. The number of hydrogen-bond donors (Lipinski definition) is 3. The van der Waals surface area contributed by atoms with Crippen LogP contribution < -0.4 is 16.8 Å². The molecule has 5 N–H and O–H groups in total. The first kappa shape index (κ1) is 11.7. The Morgan fingerprint density at radius 3 is 2.65 bits per heavy atom. The van der Waals surface area contributed by atoms with Crippen molar-refractivity contribution < 1.29 is 4.58 Å². The maximum Gasteiger partial charge on any atom is 0.357 e. The summed E-state index contributed by atoms with van der Waals surface area (Å²) in [4.78, 5) is 4.32. The summed E-state index contributed by atoms with van der Waals surface area (Å²) >= 11 is 5.98. The molecule has 0 fully saturated rings. The van der Waals surface area contributed by atoms with Crippen LogP contribution in [-0.4, -0.2) is 22.2 Å². The second kappa shape index (κ2) is 3.92. The molecule has 0 aliphatic carbocycles. The van der Waals surface area contributed by atoms with E-state index in [2.05, 4.69) is 10.3 Å². The lowest BCUT2D eigenvalue weighted by atomic mass is 10.2. The van der Waals surface area contributed by atoms with Crippen molar-refractivity contribution in [1.82, 2.24) is 5.32 Å². The minimum Gasteiger partial charge on any atom is -0.357 e. The largest absolute Gasteiger partial charge is 0.357 e. The number of guanidine groups is 2. The third-order valence-electron chi connectivity index (χ3n) is 2.50. The van der Waals surface area contributed by atoms with Gasteiger partial charge in [-0.25, -0.2) is 9.89 Å². The molecule has 0 saturated heterocycles. The molecule has 0 radical (unpaired) electrons. The molecular formula is C11H15ClN5+. The van der Waals surface area contributed by atoms with Gasteiger partial charge in [-0.3, -0.25) is 5.73 Å². The predicted octanol–water partition coefficient (Wildman–Crippen LogP) is 0.953. The first-order valence-corrected chi connectivity index (χ1v) is 5.58. The Hall–Kier alpha value is -1.75. The topological polar surface area (TPSA) is 79.4 Å². The predicted molar refractivity (Wildman–Crippen MR) is 69.4 cm³/mol. The minimum absolute atomic E-state index is 0.311. The molecule has 1 aliphatic heterocycles. The molecule has 90 valence electrons.